The molecule has 0 atom stereocenters. The van der Waals surface area contributed by atoms with Crippen molar-refractivity contribution in [2.45, 2.75) is 39.0 Å². The van der Waals surface area contributed by atoms with Crippen LogP contribution < -0.4 is 5.32 Å². The lowest BCUT2D eigenvalue weighted by molar-refractivity contribution is 0.443. The summed E-state index contributed by atoms with van der Waals surface area (Å²) < 4.78 is 0. The second kappa shape index (κ2) is 7.93. The van der Waals surface area contributed by atoms with E-state index >= 15 is 0 Å². The number of guanidine groups is 1. The molecule has 1 rings (SSSR count). The van der Waals surface area contributed by atoms with E-state index in [2.05, 4.69) is 73.4 Å². The van der Waals surface area contributed by atoms with Crippen LogP contribution in [-0.4, -0.2) is 38.0 Å². The van der Waals surface area contributed by atoms with Gasteiger partial charge >= 0.3 is 0 Å². The third-order valence-corrected chi connectivity index (χ3v) is 3.66. The summed E-state index contributed by atoms with van der Waals surface area (Å²) in [6.07, 6.45) is 2.40. The predicted molar refractivity (Wildman–Crippen MR) is 88.4 cm³/mol. The molecule has 0 aliphatic heterocycles. The number of aliphatic imine (C=N–C) groups is 1. The van der Waals surface area contributed by atoms with Crippen molar-refractivity contribution in [1.82, 2.24) is 10.2 Å². The van der Waals surface area contributed by atoms with Crippen molar-refractivity contribution >= 4 is 5.96 Å². The van der Waals surface area contributed by atoms with Crippen molar-refractivity contribution in [2.24, 2.45) is 4.99 Å². The number of benzene rings is 1. The average Bonchev–Trinajstić information content (AvgIpc) is 2.46. The van der Waals surface area contributed by atoms with E-state index < -0.39 is 0 Å². The van der Waals surface area contributed by atoms with E-state index in [0.717, 1.165) is 19.0 Å². The first-order chi connectivity index (χ1) is 9.51. The van der Waals surface area contributed by atoms with Crippen LogP contribution in [0.25, 0.3) is 0 Å². The quantitative estimate of drug-likeness (QED) is 0.637. The lowest BCUT2D eigenvalue weighted by atomic mass is 9.85. The maximum Gasteiger partial charge on any atom is 0.193 e. The molecule has 0 amide bonds. The summed E-state index contributed by atoms with van der Waals surface area (Å²) in [7, 11) is 3.95. The minimum Gasteiger partial charge on any atom is -0.355 e. The van der Waals surface area contributed by atoms with Gasteiger partial charge in [-0.3, -0.25) is 4.99 Å². The molecular formula is C17H29N3. The maximum atomic E-state index is 4.37. The first-order valence-electron chi connectivity index (χ1n) is 7.48. The molecule has 0 spiro atoms. The van der Waals surface area contributed by atoms with Crippen molar-refractivity contribution in [2.75, 3.05) is 27.2 Å². The molecule has 0 heterocycles. The molecule has 20 heavy (non-hydrogen) atoms. The van der Waals surface area contributed by atoms with E-state index in [-0.39, 0.29) is 5.41 Å². The fourth-order valence-corrected chi connectivity index (χ4v) is 2.18. The van der Waals surface area contributed by atoms with Crippen LogP contribution in [0.1, 0.15) is 39.2 Å². The van der Waals surface area contributed by atoms with Crippen molar-refractivity contribution in [1.29, 1.82) is 0 Å². The largest absolute Gasteiger partial charge is 0.355 e. The molecular weight excluding hydrogens is 246 g/mol. The van der Waals surface area contributed by atoms with E-state index in [9.17, 15) is 0 Å². The van der Waals surface area contributed by atoms with Crippen LogP contribution >= 0.6 is 0 Å². The monoisotopic (exact) mass is 275 g/mol. The Morgan fingerprint density at radius 3 is 2.45 bits per heavy atom. The Labute approximate surface area is 124 Å². The smallest absolute Gasteiger partial charge is 0.193 e. The van der Waals surface area contributed by atoms with Gasteiger partial charge in [-0.15, -0.1) is 0 Å². The van der Waals surface area contributed by atoms with Crippen LogP contribution in [0.2, 0.25) is 0 Å². The van der Waals surface area contributed by atoms with E-state index in [1.165, 1.54) is 18.4 Å². The average molecular weight is 275 g/mol. The van der Waals surface area contributed by atoms with Gasteiger partial charge in [0, 0.05) is 32.6 Å². The van der Waals surface area contributed by atoms with Gasteiger partial charge in [0.05, 0.1) is 0 Å². The van der Waals surface area contributed by atoms with Gasteiger partial charge in [0.2, 0.25) is 0 Å². The van der Waals surface area contributed by atoms with Gasteiger partial charge in [-0.05, 0) is 12.0 Å². The normalized spacial score (nSPS) is 12.3. The lowest BCUT2D eigenvalue weighted by Crippen LogP contribution is -2.44. The molecule has 0 unspecified atom stereocenters. The van der Waals surface area contributed by atoms with E-state index in [4.69, 9.17) is 0 Å². The SMILES string of the molecule is CCCCN(C)C(=NC)NCC(C)(C)c1ccccc1. The van der Waals surface area contributed by atoms with Gasteiger partial charge in [-0.1, -0.05) is 57.5 Å². The molecule has 3 heteroatoms. The molecule has 1 N–H and O–H groups in total. The topological polar surface area (TPSA) is 27.6 Å². The third kappa shape index (κ3) is 4.87. The first kappa shape index (κ1) is 16.5. The predicted octanol–water partition coefficient (Wildman–Crippen LogP) is 3.27. The van der Waals surface area contributed by atoms with E-state index in [1.807, 2.05) is 7.05 Å². The van der Waals surface area contributed by atoms with Gasteiger partial charge in [-0.25, -0.2) is 0 Å². The van der Waals surface area contributed by atoms with E-state index in [1.54, 1.807) is 0 Å². The Morgan fingerprint density at radius 1 is 1.25 bits per heavy atom. The van der Waals surface area contributed by atoms with Gasteiger partial charge in [0.1, 0.15) is 0 Å². The van der Waals surface area contributed by atoms with Crippen LogP contribution in [0.4, 0.5) is 0 Å². The maximum absolute atomic E-state index is 4.37. The molecule has 0 radical (unpaired) electrons. The zero-order valence-electron chi connectivity index (χ0n) is 13.6. The second-order valence-electron chi connectivity index (χ2n) is 5.93. The Hall–Kier alpha value is -1.51. The highest BCUT2D eigenvalue weighted by Gasteiger charge is 2.21. The fourth-order valence-electron chi connectivity index (χ4n) is 2.18. The minimum atomic E-state index is 0.0861. The molecule has 0 fully saturated rings. The van der Waals surface area contributed by atoms with Crippen molar-refractivity contribution in [3.63, 3.8) is 0 Å². The summed E-state index contributed by atoms with van der Waals surface area (Å²) in [6, 6.07) is 10.6. The van der Waals surface area contributed by atoms with Crippen LogP contribution in [-0.2, 0) is 5.41 Å². The molecule has 0 saturated carbocycles. The summed E-state index contributed by atoms with van der Waals surface area (Å²) >= 11 is 0. The van der Waals surface area contributed by atoms with E-state index in [0.29, 0.717) is 0 Å². The summed E-state index contributed by atoms with van der Waals surface area (Å²) in [4.78, 5) is 6.57. The molecule has 3 nitrogen and oxygen atoms in total. The molecule has 0 bridgehead atoms. The second-order valence-corrected chi connectivity index (χ2v) is 5.93. The zero-order valence-corrected chi connectivity index (χ0v) is 13.6. The number of unbranched alkanes of at least 4 members (excludes halogenated alkanes) is 1. The zero-order chi connectivity index (χ0) is 15.0. The number of rotatable bonds is 6. The Bertz CT molecular complexity index is 410. The van der Waals surface area contributed by atoms with Gasteiger partial charge < -0.3 is 10.2 Å². The highest BCUT2D eigenvalue weighted by atomic mass is 15.3. The van der Waals surface area contributed by atoms with Gasteiger partial charge in [0.25, 0.3) is 0 Å². The van der Waals surface area contributed by atoms with Crippen molar-refractivity contribution in [3.05, 3.63) is 35.9 Å². The molecule has 1 aromatic rings. The Kier molecular flexibility index (Phi) is 6.56. The van der Waals surface area contributed by atoms with Crippen molar-refractivity contribution < 1.29 is 0 Å². The highest BCUT2D eigenvalue weighted by Crippen LogP contribution is 2.21. The van der Waals surface area contributed by atoms with Crippen LogP contribution in [0.15, 0.2) is 35.3 Å². The Morgan fingerprint density at radius 2 is 1.90 bits per heavy atom. The minimum absolute atomic E-state index is 0.0861. The van der Waals surface area contributed by atoms with Gasteiger partial charge in [0.15, 0.2) is 5.96 Å². The lowest BCUT2D eigenvalue weighted by Gasteiger charge is -2.29. The summed E-state index contributed by atoms with van der Waals surface area (Å²) in [5.41, 5.74) is 1.43. The molecule has 112 valence electrons. The molecule has 0 aliphatic rings. The molecule has 1 aromatic carbocycles. The number of hydrogen-bond acceptors (Lipinski definition) is 1. The standard InChI is InChI=1S/C17H29N3/c1-6-7-13-20(5)16(18-4)19-14-17(2,3)15-11-9-8-10-12-15/h8-12H,6-7,13-14H2,1-5H3,(H,18,19). The van der Waals surface area contributed by atoms with Gasteiger partial charge in [-0.2, -0.15) is 0 Å². The number of nitrogens with zero attached hydrogens (tertiary/aromatic N) is 2. The van der Waals surface area contributed by atoms with Crippen LogP contribution in [0.5, 0.6) is 0 Å². The molecule has 0 aliphatic carbocycles. The molecule has 0 saturated heterocycles. The van der Waals surface area contributed by atoms with Crippen molar-refractivity contribution in [3.8, 4) is 0 Å². The molecule has 0 aromatic heterocycles. The number of nitrogens with one attached hydrogen (secondary N) is 1. The first-order valence-corrected chi connectivity index (χ1v) is 7.48. The summed E-state index contributed by atoms with van der Waals surface area (Å²) in [5.74, 6) is 0.974. The van der Waals surface area contributed by atoms with Crippen LogP contribution in [0, 0.1) is 0 Å². The summed E-state index contributed by atoms with van der Waals surface area (Å²) in [6.45, 7) is 8.65. The highest BCUT2D eigenvalue weighted by molar-refractivity contribution is 5.79. The fraction of sp³-hybridized carbons (Fsp3) is 0.588. The number of hydrogen-bond donors (Lipinski definition) is 1. The Balaban J connectivity index is 2.60. The van der Waals surface area contributed by atoms with Crippen LogP contribution in [0.3, 0.4) is 0 Å². The third-order valence-electron chi connectivity index (χ3n) is 3.66. The summed E-state index contributed by atoms with van der Waals surface area (Å²) in [5, 5.41) is 3.49.